The zero-order valence-electron chi connectivity index (χ0n) is 13.4. The lowest BCUT2D eigenvalue weighted by Gasteiger charge is -2.09. The van der Waals surface area contributed by atoms with Gasteiger partial charge in [0.1, 0.15) is 5.69 Å². The fourth-order valence-electron chi connectivity index (χ4n) is 2.47. The summed E-state index contributed by atoms with van der Waals surface area (Å²) in [5, 5.41) is 15.0. The topological polar surface area (TPSA) is 75.6 Å². The number of halogens is 3. The van der Waals surface area contributed by atoms with Gasteiger partial charge in [-0.15, -0.1) is 0 Å². The number of aromatic amines is 1. The second-order valence-electron chi connectivity index (χ2n) is 5.45. The highest BCUT2D eigenvalue weighted by molar-refractivity contribution is 6.36. The van der Waals surface area contributed by atoms with E-state index in [4.69, 9.17) is 34.8 Å². The van der Waals surface area contributed by atoms with Crippen LogP contribution >= 0.6 is 34.8 Å². The average Bonchev–Trinajstić information content (AvgIpc) is 3.09. The van der Waals surface area contributed by atoms with E-state index in [9.17, 15) is 4.79 Å². The van der Waals surface area contributed by atoms with Crippen LogP contribution < -0.4 is 5.32 Å². The number of hydrogen-bond donors (Lipinski definition) is 2. The molecule has 0 unspecified atom stereocenters. The first kappa shape index (κ1) is 17.8. The summed E-state index contributed by atoms with van der Waals surface area (Å²) >= 11 is 18.4. The number of aryl methyl sites for hydroxylation is 1. The van der Waals surface area contributed by atoms with Crippen molar-refractivity contribution in [1.82, 2.24) is 20.0 Å². The van der Waals surface area contributed by atoms with Crippen molar-refractivity contribution in [2.45, 2.75) is 20.4 Å². The van der Waals surface area contributed by atoms with Crippen LogP contribution in [-0.2, 0) is 6.54 Å². The van der Waals surface area contributed by atoms with E-state index < -0.39 is 0 Å². The molecule has 0 atom stereocenters. The Morgan fingerprint density at radius 1 is 1.20 bits per heavy atom. The molecule has 0 radical (unpaired) electrons. The number of nitrogens with one attached hydrogen (secondary N) is 2. The van der Waals surface area contributed by atoms with Gasteiger partial charge >= 0.3 is 0 Å². The predicted octanol–water partition coefficient (Wildman–Crippen LogP) is 4.48. The SMILES string of the molecule is Cc1nn(Cc2c(Cl)cccc2Cl)c(C)c1NC(=O)c1[nH]ncc1Cl. The van der Waals surface area contributed by atoms with Crippen LogP contribution in [0.4, 0.5) is 5.69 Å². The van der Waals surface area contributed by atoms with Crippen LogP contribution in [-0.4, -0.2) is 25.9 Å². The Kier molecular flexibility index (Phi) is 5.03. The molecule has 25 heavy (non-hydrogen) atoms. The quantitative estimate of drug-likeness (QED) is 0.680. The molecule has 6 nitrogen and oxygen atoms in total. The molecule has 0 aliphatic rings. The predicted molar refractivity (Wildman–Crippen MR) is 98.8 cm³/mol. The molecule has 0 aliphatic carbocycles. The molecule has 3 rings (SSSR count). The van der Waals surface area contributed by atoms with Crippen molar-refractivity contribution < 1.29 is 4.79 Å². The van der Waals surface area contributed by atoms with E-state index in [1.807, 2.05) is 13.8 Å². The summed E-state index contributed by atoms with van der Waals surface area (Å²) in [6.45, 7) is 4.06. The van der Waals surface area contributed by atoms with Gasteiger partial charge in [-0.1, -0.05) is 40.9 Å². The van der Waals surface area contributed by atoms with Crippen molar-refractivity contribution in [2.24, 2.45) is 0 Å². The van der Waals surface area contributed by atoms with Gasteiger partial charge in [0.15, 0.2) is 0 Å². The van der Waals surface area contributed by atoms with Gasteiger partial charge in [-0.05, 0) is 26.0 Å². The van der Waals surface area contributed by atoms with Gasteiger partial charge in [0.2, 0.25) is 0 Å². The number of aromatic nitrogens is 4. The van der Waals surface area contributed by atoms with Gasteiger partial charge in [0.05, 0.1) is 34.8 Å². The summed E-state index contributed by atoms with van der Waals surface area (Å²) in [7, 11) is 0. The average molecular weight is 399 g/mol. The highest BCUT2D eigenvalue weighted by Gasteiger charge is 2.19. The lowest BCUT2D eigenvalue weighted by atomic mass is 10.2. The largest absolute Gasteiger partial charge is 0.317 e. The van der Waals surface area contributed by atoms with E-state index >= 15 is 0 Å². The summed E-state index contributed by atoms with van der Waals surface area (Å²) in [6.07, 6.45) is 1.37. The van der Waals surface area contributed by atoms with E-state index in [2.05, 4.69) is 20.6 Å². The second kappa shape index (κ2) is 7.07. The molecule has 0 saturated heterocycles. The van der Waals surface area contributed by atoms with E-state index in [1.54, 1.807) is 22.9 Å². The first-order valence-electron chi connectivity index (χ1n) is 7.35. The van der Waals surface area contributed by atoms with E-state index in [0.29, 0.717) is 28.0 Å². The van der Waals surface area contributed by atoms with E-state index in [-0.39, 0.29) is 16.6 Å². The molecule has 9 heteroatoms. The van der Waals surface area contributed by atoms with Crippen LogP contribution in [0.1, 0.15) is 27.4 Å². The summed E-state index contributed by atoms with van der Waals surface area (Å²) in [5.74, 6) is -0.385. The van der Waals surface area contributed by atoms with Gasteiger partial charge < -0.3 is 5.32 Å². The van der Waals surface area contributed by atoms with Gasteiger partial charge in [-0.2, -0.15) is 10.2 Å². The van der Waals surface area contributed by atoms with Gasteiger partial charge in [-0.3, -0.25) is 14.6 Å². The van der Waals surface area contributed by atoms with Crippen molar-refractivity contribution >= 4 is 46.4 Å². The smallest absolute Gasteiger partial charge is 0.275 e. The molecule has 0 saturated carbocycles. The zero-order chi connectivity index (χ0) is 18.1. The lowest BCUT2D eigenvalue weighted by Crippen LogP contribution is -2.14. The number of carbonyl (C=O) groups excluding carboxylic acids is 1. The van der Waals surface area contributed by atoms with Crippen molar-refractivity contribution in [1.29, 1.82) is 0 Å². The van der Waals surface area contributed by atoms with Gasteiger partial charge in [0, 0.05) is 15.6 Å². The Hall–Kier alpha value is -2.02. The fourth-order valence-corrected chi connectivity index (χ4v) is 3.17. The summed E-state index contributed by atoms with van der Waals surface area (Å²) in [4.78, 5) is 12.3. The number of hydrogen-bond acceptors (Lipinski definition) is 3. The van der Waals surface area contributed by atoms with Crippen LogP contribution in [0.3, 0.4) is 0 Å². The number of anilines is 1. The first-order valence-corrected chi connectivity index (χ1v) is 8.49. The molecule has 3 aromatic rings. The number of H-pyrrole nitrogens is 1. The van der Waals surface area contributed by atoms with Crippen LogP contribution in [0.5, 0.6) is 0 Å². The molecule has 2 aromatic heterocycles. The second-order valence-corrected chi connectivity index (χ2v) is 6.67. The molecule has 0 spiro atoms. The molecule has 130 valence electrons. The summed E-state index contributed by atoms with van der Waals surface area (Å²) in [5.41, 5.74) is 3.02. The van der Waals surface area contributed by atoms with Crippen molar-refractivity contribution in [3.05, 3.63) is 62.1 Å². The Morgan fingerprint density at radius 2 is 1.88 bits per heavy atom. The standard InChI is InChI=1S/C16H14Cl3N5O/c1-8-14(21-16(25)15-13(19)6-20-22-15)9(2)24(23-8)7-10-11(17)4-3-5-12(10)18/h3-6H,7H2,1-2H3,(H,20,22)(H,21,25). The Bertz CT molecular complexity index is 927. The van der Waals surface area contributed by atoms with Crippen LogP contribution in [0.25, 0.3) is 0 Å². The molecule has 0 bridgehead atoms. The maximum absolute atomic E-state index is 12.3. The minimum absolute atomic E-state index is 0.197. The molecule has 0 fully saturated rings. The number of amides is 1. The molecule has 1 aromatic carbocycles. The van der Waals surface area contributed by atoms with Crippen molar-refractivity contribution in [2.75, 3.05) is 5.32 Å². The highest BCUT2D eigenvalue weighted by atomic mass is 35.5. The van der Waals surface area contributed by atoms with Crippen LogP contribution in [0.2, 0.25) is 15.1 Å². The minimum Gasteiger partial charge on any atom is -0.317 e. The highest BCUT2D eigenvalue weighted by Crippen LogP contribution is 2.28. The Balaban J connectivity index is 1.89. The minimum atomic E-state index is -0.385. The number of rotatable bonds is 4. The Labute approximate surface area is 159 Å². The van der Waals surface area contributed by atoms with Crippen LogP contribution in [0, 0.1) is 13.8 Å². The van der Waals surface area contributed by atoms with Crippen molar-refractivity contribution in [3.63, 3.8) is 0 Å². The van der Waals surface area contributed by atoms with Gasteiger partial charge in [-0.25, -0.2) is 0 Å². The van der Waals surface area contributed by atoms with Crippen LogP contribution in [0.15, 0.2) is 24.4 Å². The molecular formula is C16H14Cl3N5O. The maximum atomic E-state index is 12.3. The number of carbonyl (C=O) groups is 1. The number of benzene rings is 1. The van der Waals surface area contributed by atoms with Crippen molar-refractivity contribution in [3.8, 4) is 0 Å². The van der Waals surface area contributed by atoms with E-state index in [0.717, 1.165) is 11.3 Å². The number of nitrogens with zero attached hydrogens (tertiary/aromatic N) is 3. The first-order chi connectivity index (χ1) is 11.9. The molecule has 2 heterocycles. The Morgan fingerprint density at radius 3 is 2.48 bits per heavy atom. The summed E-state index contributed by atoms with van der Waals surface area (Å²) < 4.78 is 1.74. The normalized spacial score (nSPS) is 10.9. The molecular weight excluding hydrogens is 385 g/mol. The molecule has 1 amide bonds. The summed E-state index contributed by atoms with van der Waals surface area (Å²) in [6, 6.07) is 5.34. The lowest BCUT2D eigenvalue weighted by molar-refractivity contribution is 0.102. The third-order valence-electron chi connectivity index (χ3n) is 3.81. The fraction of sp³-hybridized carbons (Fsp3) is 0.188. The third kappa shape index (κ3) is 3.51. The zero-order valence-corrected chi connectivity index (χ0v) is 15.7. The third-order valence-corrected chi connectivity index (χ3v) is 4.80. The maximum Gasteiger partial charge on any atom is 0.275 e. The molecule has 2 N–H and O–H groups in total. The molecule has 0 aliphatic heterocycles. The van der Waals surface area contributed by atoms with E-state index in [1.165, 1.54) is 6.20 Å². The monoisotopic (exact) mass is 397 g/mol. The van der Waals surface area contributed by atoms with Gasteiger partial charge in [0.25, 0.3) is 5.91 Å².